The monoisotopic (exact) mass is 276 g/mol. The predicted octanol–water partition coefficient (Wildman–Crippen LogP) is 1.68. The van der Waals surface area contributed by atoms with Crippen LogP contribution in [0.1, 0.15) is 11.3 Å². The van der Waals surface area contributed by atoms with Gasteiger partial charge < -0.3 is 5.73 Å². The highest BCUT2D eigenvalue weighted by Crippen LogP contribution is 2.26. The second kappa shape index (κ2) is 5.21. The predicted molar refractivity (Wildman–Crippen MR) is 71.8 cm³/mol. The molecule has 0 bridgehead atoms. The van der Waals surface area contributed by atoms with Gasteiger partial charge in [-0.05, 0) is 18.2 Å². The molecule has 19 heavy (non-hydrogen) atoms. The standard InChI is InChI=1S/C13H12N2O3S/c14-9-11(12-6-3-4-8-15-12)10-5-1-2-7-13(10)19(16,17)18/h1-9H,14H2,(H,16,17,18)/b11-9+. The maximum absolute atomic E-state index is 11.4. The van der Waals surface area contributed by atoms with E-state index in [-0.39, 0.29) is 4.90 Å². The van der Waals surface area contributed by atoms with E-state index in [1.807, 2.05) is 0 Å². The van der Waals surface area contributed by atoms with Crippen molar-refractivity contribution in [2.75, 3.05) is 0 Å². The van der Waals surface area contributed by atoms with Gasteiger partial charge in [0.1, 0.15) is 4.90 Å². The lowest BCUT2D eigenvalue weighted by molar-refractivity contribution is 0.483. The molecule has 1 heterocycles. The van der Waals surface area contributed by atoms with E-state index in [4.69, 9.17) is 5.73 Å². The Morgan fingerprint density at radius 3 is 2.42 bits per heavy atom. The second-order valence-electron chi connectivity index (χ2n) is 3.77. The van der Waals surface area contributed by atoms with Crippen LogP contribution in [0.2, 0.25) is 0 Å². The van der Waals surface area contributed by atoms with Gasteiger partial charge in [-0.25, -0.2) is 0 Å². The topological polar surface area (TPSA) is 93.3 Å². The summed E-state index contributed by atoms with van der Waals surface area (Å²) < 4.78 is 32.0. The molecular weight excluding hydrogens is 264 g/mol. The molecule has 6 heteroatoms. The van der Waals surface area contributed by atoms with Gasteiger partial charge in [0.25, 0.3) is 10.1 Å². The lowest BCUT2D eigenvalue weighted by Gasteiger charge is -2.10. The van der Waals surface area contributed by atoms with E-state index in [0.717, 1.165) is 0 Å². The van der Waals surface area contributed by atoms with Gasteiger partial charge in [0.15, 0.2) is 0 Å². The number of aromatic nitrogens is 1. The number of pyridine rings is 1. The number of rotatable bonds is 3. The van der Waals surface area contributed by atoms with E-state index in [1.165, 1.54) is 18.3 Å². The first-order valence-corrected chi connectivity index (χ1v) is 6.88. The summed E-state index contributed by atoms with van der Waals surface area (Å²) in [4.78, 5) is 3.93. The molecule has 0 fully saturated rings. The highest BCUT2D eigenvalue weighted by atomic mass is 32.2. The van der Waals surface area contributed by atoms with E-state index in [0.29, 0.717) is 16.8 Å². The summed E-state index contributed by atoms with van der Waals surface area (Å²) in [5, 5.41) is 0. The molecule has 1 aromatic carbocycles. The highest BCUT2D eigenvalue weighted by molar-refractivity contribution is 7.86. The number of nitrogens with two attached hydrogens (primary N) is 1. The molecule has 0 aliphatic carbocycles. The van der Waals surface area contributed by atoms with Crippen molar-refractivity contribution in [3.8, 4) is 0 Å². The third-order valence-electron chi connectivity index (χ3n) is 2.56. The summed E-state index contributed by atoms with van der Waals surface area (Å²) in [5.74, 6) is 0. The van der Waals surface area contributed by atoms with Crippen LogP contribution >= 0.6 is 0 Å². The Morgan fingerprint density at radius 2 is 1.84 bits per heavy atom. The molecule has 0 aliphatic heterocycles. The van der Waals surface area contributed by atoms with E-state index in [1.54, 1.807) is 36.5 Å². The Hall–Kier alpha value is -2.18. The van der Waals surface area contributed by atoms with Crippen molar-refractivity contribution in [2.45, 2.75) is 4.90 Å². The van der Waals surface area contributed by atoms with Crippen LogP contribution in [-0.4, -0.2) is 18.0 Å². The molecule has 0 amide bonds. The molecule has 3 N–H and O–H groups in total. The highest BCUT2D eigenvalue weighted by Gasteiger charge is 2.18. The van der Waals surface area contributed by atoms with Gasteiger partial charge in [-0.15, -0.1) is 0 Å². The first-order chi connectivity index (χ1) is 9.04. The molecule has 5 nitrogen and oxygen atoms in total. The summed E-state index contributed by atoms with van der Waals surface area (Å²) in [6.45, 7) is 0. The van der Waals surface area contributed by atoms with Crippen LogP contribution in [-0.2, 0) is 10.1 Å². The minimum absolute atomic E-state index is 0.197. The first-order valence-electron chi connectivity index (χ1n) is 5.44. The molecule has 2 rings (SSSR count). The molecule has 98 valence electrons. The maximum atomic E-state index is 11.4. The summed E-state index contributed by atoms with van der Waals surface area (Å²) >= 11 is 0. The van der Waals surface area contributed by atoms with Crippen LogP contribution in [0.5, 0.6) is 0 Å². The number of hydrogen-bond donors (Lipinski definition) is 2. The van der Waals surface area contributed by atoms with Crippen molar-refractivity contribution in [1.29, 1.82) is 0 Å². The van der Waals surface area contributed by atoms with Crippen molar-refractivity contribution in [1.82, 2.24) is 4.98 Å². The normalized spacial score (nSPS) is 12.4. The molecule has 2 aromatic rings. The van der Waals surface area contributed by atoms with Gasteiger partial charge >= 0.3 is 0 Å². The smallest absolute Gasteiger partial charge is 0.295 e. The summed E-state index contributed by atoms with van der Waals surface area (Å²) in [5.41, 5.74) is 6.85. The Bertz CT molecular complexity index is 710. The Balaban J connectivity index is 2.65. The Labute approximate surface area is 111 Å². The molecule has 1 aromatic heterocycles. The van der Waals surface area contributed by atoms with E-state index < -0.39 is 10.1 Å². The minimum atomic E-state index is -4.32. The van der Waals surface area contributed by atoms with Crippen LogP contribution in [0.4, 0.5) is 0 Å². The largest absolute Gasteiger partial charge is 0.404 e. The van der Waals surface area contributed by atoms with Gasteiger partial charge in [-0.3, -0.25) is 9.54 Å². The van der Waals surface area contributed by atoms with Crippen molar-refractivity contribution in [2.24, 2.45) is 5.73 Å². The Morgan fingerprint density at radius 1 is 1.16 bits per heavy atom. The third kappa shape index (κ3) is 2.81. The minimum Gasteiger partial charge on any atom is -0.404 e. The Kier molecular flexibility index (Phi) is 3.64. The SMILES string of the molecule is N/C=C(/c1ccccn1)c1ccccc1S(=O)(=O)O. The third-order valence-corrected chi connectivity index (χ3v) is 3.47. The fourth-order valence-electron chi connectivity index (χ4n) is 1.75. The second-order valence-corrected chi connectivity index (χ2v) is 5.16. The average molecular weight is 276 g/mol. The van der Waals surface area contributed by atoms with Gasteiger partial charge in [-0.2, -0.15) is 8.42 Å². The van der Waals surface area contributed by atoms with Crippen molar-refractivity contribution in [3.63, 3.8) is 0 Å². The molecule has 0 atom stereocenters. The van der Waals surface area contributed by atoms with E-state index >= 15 is 0 Å². The quantitative estimate of drug-likeness (QED) is 0.832. The van der Waals surface area contributed by atoms with E-state index in [2.05, 4.69) is 4.98 Å². The number of benzene rings is 1. The lowest BCUT2D eigenvalue weighted by atomic mass is 10.0. The van der Waals surface area contributed by atoms with Gasteiger partial charge in [0.2, 0.25) is 0 Å². The van der Waals surface area contributed by atoms with Crippen LogP contribution in [0, 0.1) is 0 Å². The van der Waals surface area contributed by atoms with Crippen molar-refractivity contribution < 1.29 is 13.0 Å². The molecule has 0 radical (unpaired) electrons. The first kappa shape index (κ1) is 13.3. The summed E-state index contributed by atoms with van der Waals surface area (Å²) in [6.07, 6.45) is 2.85. The molecule has 0 unspecified atom stereocenters. The number of hydrogen-bond acceptors (Lipinski definition) is 4. The molecule has 0 saturated carbocycles. The van der Waals surface area contributed by atoms with Gasteiger partial charge in [-0.1, -0.05) is 24.3 Å². The van der Waals surface area contributed by atoms with Gasteiger partial charge in [0.05, 0.1) is 5.69 Å². The van der Waals surface area contributed by atoms with Gasteiger partial charge in [0, 0.05) is 23.5 Å². The average Bonchev–Trinajstić information content (AvgIpc) is 2.40. The molecule has 0 aliphatic rings. The lowest BCUT2D eigenvalue weighted by Crippen LogP contribution is -2.05. The van der Waals surface area contributed by atoms with Crippen LogP contribution in [0.3, 0.4) is 0 Å². The van der Waals surface area contributed by atoms with E-state index in [9.17, 15) is 13.0 Å². The molecular formula is C13H12N2O3S. The zero-order chi connectivity index (χ0) is 13.9. The molecule has 0 spiro atoms. The fraction of sp³-hybridized carbons (Fsp3) is 0. The summed E-state index contributed by atoms with van der Waals surface area (Å²) in [7, 11) is -4.32. The maximum Gasteiger partial charge on any atom is 0.295 e. The number of nitrogens with zero attached hydrogens (tertiary/aromatic N) is 1. The fourth-order valence-corrected chi connectivity index (χ4v) is 2.46. The zero-order valence-electron chi connectivity index (χ0n) is 9.89. The zero-order valence-corrected chi connectivity index (χ0v) is 10.7. The van der Waals surface area contributed by atoms with Crippen LogP contribution < -0.4 is 5.73 Å². The van der Waals surface area contributed by atoms with Crippen molar-refractivity contribution in [3.05, 3.63) is 66.1 Å². The summed E-state index contributed by atoms with van der Waals surface area (Å²) in [6, 6.07) is 11.3. The van der Waals surface area contributed by atoms with Crippen LogP contribution in [0.15, 0.2) is 59.8 Å². The van der Waals surface area contributed by atoms with Crippen molar-refractivity contribution >= 4 is 15.7 Å². The molecule has 0 saturated heterocycles. The van der Waals surface area contributed by atoms with Crippen LogP contribution in [0.25, 0.3) is 5.57 Å².